The van der Waals surface area contributed by atoms with Crippen LogP contribution in [0.3, 0.4) is 0 Å². The molecule has 0 saturated heterocycles. The predicted octanol–water partition coefficient (Wildman–Crippen LogP) is 3.83. The quantitative estimate of drug-likeness (QED) is 0.386. The van der Waals surface area contributed by atoms with Gasteiger partial charge in [0, 0.05) is 28.9 Å². The molecule has 0 aliphatic heterocycles. The smallest absolute Gasteiger partial charge is 0.343 e. The zero-order valence-electron chi connectivity index (χ0n) is 19.2. The molecule has 6 rings (SSSR count). The van der Waals surface area contributed by atoms with E-state index in [2.05, 4.69) is 19.9 Å². The Morgan fingerprint density at radius 1 is 0.861 bits per heavy atom. The van der Waals surface area contributed by atoms with Gasteiger partial charge in [0.15, 0.2) is 5.65 Å². The van der Waals surface area contributed by atoms with Gasteiger partial charge in [0.25, 0.3) is 0 Å². The molecule has 6 aromatic rings. The molecule has 0 aliphatic carbocycles. The largest absolute Gasteiger partial charge is 0.424 e. The number of nitrogens with zero attached hydrogens (tertiary/aromatic N) is 6. The van der Waals surface area contributed by atoms with E-state index in [9.17, 15) is 4.79 Å². The first kappa shape index (κ1) is 21.4. The molecule has 2 aromatic carbocycles. The van der Waals surface area contributed by atoms with Crippen LogP contribution >= 0.6 is 0 Å². The van der Waals surface area contributed by atoms with Crippen LogP contribution in [0.25, 0.3) is 44.2 Å². The molecule has 176 valence electrons. The van der Waals surface area contributed by atoms with Crippen molar-refractivity contribution in [1.82, 2.24) is 29.7 Å². The van der Waals surface area contributed by atoms with Crippen LogP contribution in [0.2, 0.25) is 0 Å². The van der Waals surface area contributed by atoms with Crippen LogP contribution in [0.1, 0.15) is 18.7 Å². The molecule has 0 amide bonds. The Morgan fingerprint density at radius 2 is 1.56 bits per heavy atom. The van der Waals surface area contributed by atoms with Crippen molar-refractivity contribution in [3.05, 3.63) is 89.5 Å². The molecule has 1 atom stereocenters. The molecular formula is C26H20N8O2. The number of aromatic nitrogens is 6. The lowest BCUT2D eigenvalue weighted by molar-refractivity contribution is 0.405. The molecule has 36 heavy (non-hydrogen) atoms. The Labute approximate surface area is 204 Å². The van der Waals surface area contributed by atoms with Gasteiger partial charge in [-0.25, -0.2) is 29.4 Å². The van der Waals surface area contributed by atoms with Crippen molar-refractivity contribution in [2.24, 2.45) is 0 Å². The average Bonchev–Trinajstić information content (AvgIpc) is 3.30. The van der Waals surface area contributed by atoms with E-state index < -0.39 is 11.7 Å². The van der Waals surface area contributed by atoms with Crippen molar-refractivity contribution < 1.29 is 4.42 Å². The molecule has 0 aliphatic rings. The maximum absolute atomic E-state index is 13.0. The van der Waals surface area contributed by atoms with Gasteiger partial charge in [0.05, 0.1) is 10.8 Å². The summed E-state index contributed by atoms with van der Waals surface area (Å²) in [7, 11) is 0. The Morgan fingerprint density at radius 3 is 2.31 bits per heavy atom. The highest BCUT2D eigenvalue weighted by molar-refractivity contribution is 5.99. The summed E-state index contributed by atoms with van der Waals surface area (Å²) in [5.41, 5.74) is 14.8. The Bertz CT molecular complexity index is 1790. The molecule has 1 unspecified atom stereocenters. The number of hydrogen-bond donors (Lipinski definition) is 2. The van der Waals surface area contributed by atoms with Crippen LogP contribution in [-0.2, 0) is 0 Å². The summed E-state index contributed by atoms with van der Waals surface area (Å²) in [6, 6.07) is 16.7. The zero-order valence-corrected chi connectivity index (χ0v) is 19.2. The van der Waals surface area contributed by atoms with Gasteiger partial charge in [-0.1, -0.05) is 48.5 Å². The number of benzene rings is 2. The maximum Gasteiger partial charge on any atom is 0.343 e. The van der Waals surface area contributed by atoms with Crippen molar-refractivity contribution in [3.8, 4) is 22.4 Å². The first-order valence-corrected chi connectivity index (χ1v) is 11.2. The molecule has 0 spiro atoms. The standard InChI is InChI=1S/C26H20N8O2/c1-14(22-19(15-7-3-2-4-8-15)17-9-5-6-10-18(17)25(35)36-22)34-24-20(23(27)31-13-32-24)21(33-34)16-11-29-26(28)30-12-16/h2-14H,1H3,(H2,27,31,32)(H2,28,29,30). The molecule has 4 N–H and O–H groups in total. The molecule has 0 radical (unpaired) electrons. The fraction of sp³-hybridized carbons (Fsp3) is 0.0769. The van der Waals surface area contributed by atoms with Crippen molar-refractivity contribution in [1.29, 1.82) is 0 Å². The second-order valence-electron chi connectivity index (χ2n) is 8.30. The van der Waals surface area contributed by atoms with Gasteiger partial charge < -0.3 is 15.9 Å². The first-order chi connectivity index (χ1) is 17.5. The SMILES string of the molecule is CC(c1oc(=O)c2ccccc2c1-c1ccccc1)n1nc(-c2cnc(N)nc2)c2c(N)ncnc21. The second-order valence-corrected chi connectivity index (χ2v) is 8.30. The lowest BCUT2D eigenvalue weighted by atomic mass is 9.96. The third kappa shape index (κ3) is 3.35. The third-order valence-electron chi connectivity index (χ3n) is 6.14. The summed E-state index contributed by atoms with van der Waals surface area (Å²) in [5, 5.41) is 6.66. The van der Waals surface area contributed by atoms with Crippen molar-refractivity contribution in [2.75, 3.05) is 11.5 Å². The number of nitrogens with two attached hydrogens (primary N) is 2. The zero-order chi connectivity index (χ0) is 24.8. The Balaban J connectivity index is 1.64. The fourth-order valence-corrected chi connectivity index (χ4v) is 4.45. The predicted molar refractivity (Wildman–Crippen MR) is 137 cm³/mol. The van der Waals surface area contributed by atoms with E-state index in [0.717, 1.165) is 16.5 Å². The number of fused-ring (bicyclic) bond motifs is 2. The minimum absolute atomic E-state index is 0.144. The summed E-state index contributed by atoms with van der Waals surface area (Å²) in [6.07, 6.45) is 4.51. The summed E-state index contributed by atoms with van der Waals surface area (Å²) in [6.45, 7) is 1.90. The van der Waals surface area contributed by atoms with E-state index >= 15 is 0 Å². The first-order valence-electron chi connectivity index (χ1n) is 11.2. The fourth-order valence-electron chi connectivity index (χ4n) is 4.45. The lowest BCUT2D eigenvalue weighted by Crippen LogP contribution is -2.14. The van der Waals surface area contributed by atoms with E-state index in [1.165, 1.54) is 6.33 Å². The maximum atomic E-state index is 13.0. The van der Waals surface area contributed by atoms with Gasteiger partial charge in [-0.05, 0) is 18.6 Å². The molecule has 10 nitrogen and oxygen atoms in total. The third-order valence-corrected chi connectivity index (χ3v) is 6.14. The molecule has 0 fully saturated rings. The molecule has 4 aromatic heterocycles. The van der Waals surface area contributed by atoms with Gasteiger partial charge in [0.2, 0.25) is 5.95 Å². The van der Waals surface area contributed by atoms with E-state index in [0.29, 0.717) is 33.4 Å². The molecule has 4 heterocycles. The van der Waals surface area contributed by atoms with Gasteiger partial charge in [-0.2, -0.15) is 5.10 Å². The van der Waals surface area contributed by atoms with Crippen LogP contribution in [0.5, 0.6) is 0 Å². The average molecular weight is 477 g/mol. The highest BCUT2D eigenvalue weighted by Crippen LogP contribution is 2.38. The lowest BCUT2D eigenvalue weighted by Gasteiger charge is -2.18. The molecule has 0 bridgehead atoms. The summed E-state index contributed by atoms with van der Waals surface area (Å²) < 4.78 is 7.65. The number of anilines is 2. The number of hydrogen-bond acceptors (Lipinski definition) is 9. The minimum Gasteiger partial charge on any atom is -0.424 e. The number of nitrogen functional groups attached to an aromatic ring is 2. The topological polar surface area (TPSA) is 152 Å². The summed E-state index contributed by atoms with van der Waals surface area (Å²) >= 11 is 0. The van der Waals surface area contributed by atoms with Crippen LogP contribution < -0.4 is 17.1 Å². The van der Waals surface area contributed by atoms with Crippen molar-refractivity contribution >= 4 is 33.6 Å². The van der Waals surface area contributed by atoms with Crippen molar-refractivity contribution in [3.63, 3.8) is 0 Å². The van der Waals surface area contributed by atoms with E-state index in [1.807, 2.05) is 55.5 Å². The van der Waals surface area contributed by atoms with Crippen molar-refractivity contribution in [2.45, 2.75) is 13.0 Å². The van der Waals surface area contributed by atoms with Gasteiger partial charge in [-0.15, -0.1) is 0 Å². The van der Waals surface area contributed by atoms with Gasteiger partial charge in [0.1, 0.15) is 29.6 Å². The van der Waals surface area contributed by atoms with Gasteiger partial charge >= 0.3 is 5.63 Å². The molecular weight excluding hydrogens is 456 g/mol. The van der Waals surface area contributed by atoms with E-state index in [4.69, 9.17) is 21.0 Å². The second kappa shape index (κ2) is 8.27. The van der Waals surface area contributed by atoms with Crippen LogP contribution in [-0.4, -0.2) is 29.7 Å². The normalized spacial score (nSPS) is 12.2. The monoisotopic (exact) mass is 476 g/mol. The summed E-state index contributed by atoms with van der Waals surface area (Å²) in [5.74, 6) is 0.852. The minimum atomic E-state index is -0.530. The highest BCUT2D eigenvalue weighted by atomic mass is 16.4. The molecule has 10 heteroatoms. The van der Waals surface area contributed by atoms with E-state index in [1.54, 1.807) is 23.1 Å². The van der Waals surface area contributed by atoms with Gasteiger partial charge in [-0.3, -0.25) is 0 Å². The van der Waals surface area contributed by atoms with E-state index in [-0.39, 0.29) is 11.8 Å². The molecule has 0 saturated carbocycles. The van der Waals surface area contributed by atoms with Crippen LogP contribution in [0, 0.1) is 0 Å². The Kier molecular flexibility index (Phi) is 4.92. The highest BCUT2D eigenvalue weighted by Gasteiger charge is 2.26. The van der Waals surface area contributed by atoms with Crippen LogP contribution in [0.4, 0.5) is 11.8 Å². The Hall–Kier alpha value is -5.12. The van der Waals surface area contributed by atoms with Crippen LogP contribution in [0.15, 0.2) is 82.5 Å². The number of rotatable bonds is 4. The summed E-state index contributed by atoms with van der Waals surface area (Å²) in [4.78, 5) is 29.8.